The molecule has 1 fully saturated rings. The lowest BCUT2D eigenvalue weighted by Gasteiger charge is -2.16. The van der Waals surface area contributed by atoms with E-state index in [9.17, 15) is 0 Å². The van der Waals surface area contributed by atoms with Gasteiger partial charge in [-0.15, -0.1) is 5.06 Å². The fourth-order valence-electron chi connectivity index (χ4n) is 1.79. The average Bonchev–Trinajstić information content (AvgIpc) is 3.07. The molecule has 0 radical (unpaired) electrons. The van der Waals surface area contributed by atoms with E-state index in [2.05, 4.69) is 20.8 Å². The summed E-state index contributed by atoms with van der Waals surface area (Å²) in [6.07, 6.45) is 0.0230. The van der Waals surface area contributed by atoms with Gasteiger partial charge in [-0.25, -0.2) is 0 Å². The van der Waals surface area contributed by atoms with Crippen LogP contribution in [0.15, 0.2) is 18.2 Å². The Morgan fingerprint density at radius 1 is 1.12 bits per heavy atom. The van der Waals surface area contributed by atoms with Crippen LogP contribution in [0.3, 0.4) is 0 Å². The molecule has 0 spiro atoms. The molecule has 94 valence electrons. The topological polar surface area (TPSA) is 34.0 Å². The molecule has 1 heterocycles. The molecule has 0 amide bonds. The maximum Gasteiger partial charge on any atom is 0.180 e. The number of rotatable bonds is 3. The predicted molar refractivity (Wildman–Crippen MR) is 65.0 cm³/mol. The van der Waals surface area contributed by atoms with Crippen LogP contribution >= 0.6 is 0 Å². The Morgan fingerprint density at radius 3 is 2.24 bits per heavy atom. The van der Waals surface area contributed by atoms with E-state index in [-0.39, 0.29) is 11.8 Å². The minimum Gasteiger partial charge on any atom is -0.493 e. The molecule has 4 heteroatoms. The summed E-state index contributed by atoms with van der Waals surface area (Å²) in [5.41, 5.74) is 1.09. The average molecular weight is 237 g/mol. The molecular formula is C13H19NO3. The number of nitrogens with zero attached hydrogens (tertiary/aromatic N) is 1. The second-order valence-corrected chi connectivity index (χ2v) is 5.07. The molecule has 2 atom stereocenters. The molecule has 0 N–H and O–H groups in total. The zero-order valence-corrected chi connectivity index (χ0v) is 11.0. The highest BCUT2D eigenvalue weighted by Gasteiger charge is 2.45. The molecular weight excluding hydrogens is 218 g/mol. The number of ether oxygens (including phenoxy) is 2. The fraction of sp³-hybridized carbons (Fsp3) is 0.538. The van der Waals surface area contributed by atoms with Crippen LogP contribution in [-0.2, 0) is 4.84 Å². The number of benzene rings is 1. The van der Waals surface area contributed by atoms with Gasteiger partial charge in [0.05, 0.1) is 14.2 Å². The van der Waals surface area contributed by atoms with E-state index in [4.69, 9.17) is 14.3 Å². The molecule has 1 aromatic carbocycles. The molecule has 1 aromatic rings. The van der Waals surface area contributed by atoms with E-state index >= 15 is 0 Å². The van der Waals surface area contributed by atoms with Crippen molar-refractivity contribution in [3.8, 4) is 11.5 Å². The number of hydrogen-bond acceptors (Lipinski definition) is 4. The number of methoxy groups -OCH3 is 2. The van der Waals surface area contributed by atoms with Crippen molar-refractivity contribution in [1.82, 2.24) is 5.06 Å². The smallest absolute Gasteiger partial charge is 0.180 e. The first-order valence-corrected chi connectivity index (χ1v) is 5.65. The summed E-state index contributed by atoms with van der Waals surface area (Å²) in [5.74, 6) is 1.47. The Balaban J connectivity index is 2.19. The summed E-state index contributed by atoms with van der Waals surface area (Å²) in [6, 6.07) is 5.85. The first-order valence-electron chi connectivity index (χ1n) is 5.65. The summed E-state index contributed by atoms with van der Waals surface area (Å²) < 4.78 is 10.5. The van der Waals surface area contributed by atoms with Crippen molar-refractivity contribution in [1.29, 1.82) is 0 Å². The van der Waals surface area contributed by atoms with Gasteiger partial charge in [0.15, 0.2) is 17.7 Å². The first kappa shape index (κ1) is 12.2. The van der Waals surface area contributed by atoms with Crippen LogP contribution in [0, 0.1) is 0 Å². The van der Waals surface area contributed by atoms with E-state index in [1.807, 2.05) is 23.3 Å². The molecule has 2 rings (SSSR count). The molecule has 17 heavy (non-hydrogen) atoms. The van der Waals surface area contributed by atoms with Crippen molar-refractivity contribution in [2.75, 3.05) is 14.2 Å². The maximum absolute atomic E-state index is 5.58. The van der Waals surface area contributed by atoms with E-state index in [1.165, 1.54) is 0 Å². The van der Waals surface area contributed by atoms with Crippen LogP contribution in [0.2, 0.25) is 0 Å². The van der Waals surface area contributed by atoms with Gasteiger partial charge in [0.25, 0.3) is 0 Å². The predicted octanol–water partition coefficient (Wildman–Crippen LogP) is 2.75. The van der Waals surface area contributed by atoms with Gasteiger partial charge in [0, 0.05) is 11.1 Å². The fourth-order valence-corrected chi connectivity index (χ4v) is 1.79. The van der Waals surface area contributed by atoms with Crippen molar-refractivity contribution in [3.63, 3.8) is 0 Å². The summed E-state index contributed by atoms with van der Waals surface area (Å²) in [7, 11) is 3.27. The zero-order valence-electron chi connectivity index (χ0n) is 11.0. The van der Waals surface area contributed by atoms with E-state index in [0.29, 0.717) is 0 Å². The van der Waals surface area contributed by atoms with Crippen molar-refractivity contribution in [2.45, 2.75) is 32.5 Å². The van der Waals surface area contributed by atoms with Gasteiger partial charge >= 0.3 is 0 Å². The lowest BCUT2D eigenvalue weighted by atomic mass is 10.1. The Hall–Kier alpha value is -1.26. The largest absolute Gasteiger partial charge is 0.493 e. The molecule has 0 aromatic heterocycles. The minimum atomic E-state index is 0.0117. The highest BCUT2D eigenvalue weighted by atomic mass is 16.8. The second-order valence-electron chi connectivity index (χ2n) is 5.07. The monoisotopic (exact) mass is 237 g/mol. The lowest BCUT2D eigenvalue weighted by molar-refractivity contribution is 0.101. The van der Waals surface area contributed by atoms with Crippen LogP contribution in [-0.4, -0.2) is 24.8 Å². The van der Waals surface area contributed by atoms with Crippen LogP contribution < -0.4 is 9.47 Å². The Bertz CT molecular complexity index is 412. The Kier molecular flexibility index (Phi) is 3.02. The van der Waals surface area contributed by atoms with Gasteiger partial charge in [-0.1, -0.05) is 6.07 Å². The quantitative estimate of drug-likeness (QED) is 0.757. The van der Waals surface area contributed by atoms with Gasteiger partial charge in [-0.3, -0.25) is 4.84 Å². The van der Waals surface area contributed by atoms with Crippen molar-refractivity contribution < 1.29 is 14.3 Å². The van der Waals surface area contributed by atoms with Gasteiger partial charge in [0.2, 0.25) is 0 Å². The first-order chi connectivity index (χ1) is 7.97. The molecule has 0 aliphatic carbocycles. The molecule has 0 bridgehead atoms. The van der Waals surface area contributed by atoms with Crippen LogP contribution in [0.1, 0.15) is 32.6 Å². The molecule has 4 nitrogen and oxygen atoms in total. The Morgan fingerprint density at radius 2 is 1.76 bits per heavy atom. The van der Waals surface area contributed by atoms with Crippen LogP contribution in [0.5, 0.6) is 11.5 Å². The van der Waals surface area contributed by atoms with Crippen molar-refractivity contribution in [3.05, 3.63) is 23.8 Å². The number of hydrogen-bond donors (Lipinski definition) is 0. The van der Waals surface area contributed by atoms with Gasteiger partial charge in [0.1, 0.15) is 0 Å². The highest BCUT2D eigenvalue weighted by molar-refractivity contribution is 5.43. The van der Waals surface area contributed by atoms with Crippen LogP contribution in [0.4, 0.5) is 0 Å². The SMILES string of the molecule is COc1ccc([C@H]2ON2C(C)(C)C)cc1OC. The molecule has 1 aliphatic heterocycles. The van der Waals surface area contributed by atoms with E-state index in [0.717, 1.165) is 17.1 Å². The highest BCUT2D eigenvalue weighted by Crippen LogP contribution is 2.45. The van der Waals surface area contributed by atoms with Crippen molar-refractivity contribution in [2.24, 2.45) is 0 Å². The third-order valence-corrected chi connectivity index (χ3v) is 2.73. The molecule has 1 saturated heterocycles. The van der Waals surface area contributed by atoms with Crippen molar-refractivity contribution >= 4 is 0 Å². The van der Waals surface area contributed by atoms with Gasteiger partial charge in [-0.2, -0.15) is 0 Å². The third kappa shape index (κ3) is 2.37. The standard InChI is InChI=1S/C13H19NO3/c1-13(2,3)14-12(17-14)9-6-7-10(15-4)11(8-9)16-5/h6-8,12H,1-5H3/t12-,14?/m1/s1. The third-order valence-electron chi connectivity index (χ3n) is 2.73. The summed E-state index contributed by atoms with van der Waals surface area (Å²) >= 11 is 0. The van der Waals surface area contributed by atoms with Gasteiger partial charge < -0.3 is 9.47 Å². The van der Waals surface area contributed by atoms with Gasteiger partial charge in [-0.05, 0) is 32.9 Å². The molecule has 0 saturated carbocycles. The van der Waals surface area contributed by atoms with Crippen LogP contribution in [0.25, 0.3) is 0 Å². The number of hydroxylamine groups is 2. The normalized spacial score (nSPS) is 23.4. The molecule has 1 unspecified atom stereocenters. The van der Waals surface area contributed by atoms with E-state index < -0.39 is 0 Å². The lowest BCUT2D eigenvalue weighted by Crippen LogP contribution is -2.25. The summed E-state index contributed by atoms with van der Waals surface area (Å²) in [4.78, 5) is 5.58. The maximum atomic E-state index is 5.58. The summed E-state index contributed by atoms with van der Waals surface area (Å²) in [6.45, 7) is 6.36. The zero-order chi connectivity index (χ0) is 12.6. The summed E-state index contributed by atoms with van der Waals surface area (Å²) in [5, 5.41) is 1.97. The minimum absolute atomic E-state index is 0.0117. The van der Waals surface area contributed by atoms with E-state index in [1.54, 1.807) is 14.2 Å². The molecule has 1 aliphatic rings. The second kappa shape index (κ2) is 4.20. The Labute approximate surface area is 102 Å².